The average molecular weight is 184 g/mol. The molecule has 0 saturated carbocycles. The number of carbonyl (C=O) groups excluding carboxylic acids is 1. The first kappa shape index (κ1) is 9.73. The molecule has 1 rings (SSSR count). The molecule has 0 bridgehead atoms. The molecule has 1 fully saturated rings. The fourth-order valence-electron chi connectivity index (χ4n) is 1.15. The van der Waals surface area contributed by atoms with Gasteiger partial charge in [0.2, 0.25) is 5.91 Å². The normalized spacial score (nSPS) is 18.9. The van der Waals surface area contributed by atoms with Crippen LogP contribution in [-0.2, 0) is 9.59 Å². The van der Waals surface area contributed by atoms with Crippen molar-refractivity contribution in [3.8, 4) is 0 Å². The third-order valence-corrected chi connectivity index (χ3v) is 1.74. The van der Waals surface area contributed by atoms with E-state index in [0.29, 0.717) is 19.6 Å². The summed E-state index contributed by atoms with van der Waals surface area (Å²) in [6.07, 6.45) is 2.63. The monoisotopic (exact) mass is 184 g/mol. The molecule has 0 spiro atoms. The Labute approximate surface area is 76.0 Å². The Morgan fingerprint density at radius 2 is 2.46 bits per heavy atom. The molecule has 1 aliphatic heterocycles. The van der Waals surface area contributed by atoms with E-state index in [2.05, 4.69) is 5.32 Å². The predicted octanol–water partition coefficient (Wildman–Crippen LogP) is -0.941. The highest BCUT2D eigenvalue weighted by atomic mass is 16.4. The number of nitrogens with one attached hydrogen (secondary N) is 1. The number of nitrogens with zero attached hydrogens (tertiary/aromatic N) is 1. The molecule has 1 saturated heterocycles. The number of carboxylic acid groups (broad SMARTS) is 1. The van der Waals surface area contributed by atoms with Crippen LogP contribution in [-0.4, -0.2) is 48.1 Å². The fraction of sp³-hybridized carbons (Fsp3) is 0.500. The SMILES string of the molecule is O=C(O)C=CCN1CCNC(=O)C1. The maximum Gasteiger partial charge on any atom is 0.328 e. The van der Waals surface area contributed by atoms with Gasteiger partial charge in [0, 0.05) is 25.7 Å². The second kappa shape index (κ2) is 4.61. The highest BCUT2D eigenvalue weighted by Crippen LogP contribution is 1.92. The van der Waals surface area contributed by atoms with Crippen molar-refractivity contribution in [1.82, 2.24) is 10.2 Å². The molecular weight excluding hydrogens is 172 g/mol. The van der Waals surface area contributed by atoms with E-state index < -0.39 is 5.97 Å². The number of amides is 1. The summed E-state index contributed by atoms with van der Waals surface area (Å²) in [5, 5.41) is 11.0. The van der Waals surface area contributed by atoms with Crippen molar-refractivity contribution in [3.05, 3.63) is 12.2 Å². The molecule has 5 heteroatoms. The lowest BCUT2D eigenvalue weighted by molar-refractivity contribution is -0.131. The van der Waals surface area contributed by atoms with E-state index >= 15 is 0 Å². The van der Waals surface area contributed by atoms with Gasteiger partial charge in [-0.15, -0.1) is 0 Å². The summed E-state index contributed by atoms with van der Waals surface area (Å²) < 4.78 is 0. The molecule has 5 nitrogen and oxygen atoms in total. The van der Waals surface area contributed by atoms with Gasteiger partial charge in [-0.25, -0.2) is 4.79 Å². The fourth-order valence-corrected chi connectivity index (χ4v) is 1.15. The largest absolute Gasteiger partial charge is 0.478 e. The van der Waals surface area contributed by atoms with Crippen LogP contribution in [0, 0.1) is 0 Å². The quantitative estimate of drug-likeness (QED) is 0.555. The number of hydrogen-bond donors (Lipinski definition) is 2. The number of piperazine rings is 1. The summed E-state index contributed by atoms with van der Waals surface area (Å²) in [7, 11) is 0. The zero-order valence-electron chi connectivity index (χ0n) is 7.19. The van der Waals surface area contributed by atoms with E-state index in [1.165, 1.54) is 0 Å². The van der Waals surface area contributed by atoms with Crippen LogP contribution in [0.2, 0.25) is 0 Å². The average Bonchev–Trinajstić information content (AvgIpc) is 2.03. The Kier molecular flexibility index (Phi) is 3.45. The number of hydrogen-bond acceptors (Lipinski definition) is 3. The minimum absolute atomic E-state index is 0.00465. The van der Waals surface area contributed by atoms with Gasteiger partial charge in [-0.3, -0.25) is 9.69 Å². The Balaban J connectivity index is 2.28. The van der Waals surface area contributed by atoms with Gasteiger partial charge in [0.15, 0.2) is 0 Å². The molecule has 0 radical (unpaired) electrons. The van der Waals surface area contributed by atoms with Gasteiger partial charge in [-0.1, -0.05) is 6.08 Å². The lowest BCUT2D eigenvalue weighted by Crippen LogP contribution is -2.47. The molecule has 72 valence electrons. The van der Waals surface area contributed by atoms with Crippen LogP contribution in [0.3, 0.4) is 0 Å². The summed E-state index contributed by atoms with van der Waals surface area (Å²) in [5.41, 5.74) is 0. The number of carbonyl (C=O) groups is 2. The third kappa shape index (κ3) is 3.71. The summed E-state index contributed by atoms with van der Waals surface area (Å²) in [4.78, 5) is 22.9. The first-order valence-electron chi connectivity index (χ1n) is 4.07. The van der Waals surface area contributed by atoms with Crippen molar-refractivity contribution in [2.24, 2.45) is 0 Å². The maximum absolute atomic E-state index is 10.9. The summed E-state index contributed by atoms with van der Waals surface area (Å²) >= 11 is 0. The Hall–Kier alpha value is -1.36. The summed E-state index contributed by atoms with van der Waals surface area (Å²) in [6, 6.07) is 0. The van der Waals surface area contributed by atoms with Crippen molar-refractivity contribution in [1.29, 1.82) is 0 Å². The molecule has 1 amide bonds. The van der Waals surface area contributed by atoms with Crippen LogP contribution in [0.5, 0.6) is 0 Å². The minimum atomic E-state index is -0.957. The number of carboxylic acids is 1. The number of aliphatic carboxylic acids is 1. The molecule has 13 heavy (non-hydrogen) atoms. The van der Waals surface area contributed by atoms with Crippen LogP contribution in [0.1, 0.15) is 0 Å². The van der Waals surface area contributed by atoms with Crippen LogP contribution in [0.15, 0.2) is 12.2 Å². The van der Waals surface area contributed by atoms with E-state index in [0.717, 1.165) is 12.6 Å². The van der Waals surface area contributed by atoms with Gasteiger partial charge in [-0.05, 0) is 0 Å². The molecule has 0 aromatic heterocycles. The second-order valence-corrected chi connectivity index (χ2v) is 2.83. The molecule has 1 heterocycles. The Morgan fingerprint density at radius 1 is 1.69 bits per heavy atom. The van der Waals surface area contributed by atoms with Crippen LogP contribution >= 0.6 is 0 Å². The van der Waals surface area contributed by atoms with E-state index in [1.807, 2.05) is 4.90 Å². The highest BCUT2D eigenvalue weighted by molar-refractivity contribution is 5.80. The topological polar surface area (TPSA) is 69.6 Å². The minimum Gasteiger partial charge on any atom is -0.478 e. The molecule has 0 aromatic rings. The van der Waals surface area contributed by atoms with Gasteiger partial charge < -0.3 is 10.4 Å². The van der Waals surface area contributed by atoms with Gasteiger partial charge in [0.05, 0.1) is 6.54 Å². The molecular formula is C8H12N2O3. The lowest BCUT2D eigenvalue weighted by atomic mass is 10.3. The van der Waals surface area contributed by atoms with Crippen LogP contribution < -0.4 is 5.32 Å². The highest BCUT2D eigenvalue weighted by Gasteiger charge is 2.13. The molecule has 0 aliphatic carbocycles. The van der Waals surface area contributed by atoms with Crippen molar-refractivity contribution in [2.45, 2.75) is 0 Å². The van der Waals surface area contributed by atoms with Gasteiger partial charge in [0.25, 0.3) is 0 Å². The molecule has 1 aliphatic rings. The second-order valence-electron chi connectivity index (χ2n) is 2.83. The summed E-state index contributed by atoms with van der Waals surface area (Å²) in [5.74, 6) is -0.962. The Bertz CT molecular complexity index is 238. The standard InChI is InChI=1S/C8H12N2O3/c11-7-6-10(5-3-9-7)4-1-2-8(12)13/h1-2H,3-6H2,(H,9,11)(H,12,13). The lowest BCUT2D eigenvalue weighted by Gasteiger charge is -2.24. The zero-order valence-corrected chi connectivity index (χ0v) is 7.19. The van der Waals surface area contributed by atoms with E-state index in [1.54, 1.807) is 6.08 Å². The van der Waals surface area contributed by atoms with Crippen LogP contribution in [0.4, 0.5) is 0 Å². The summed E-state index contributed by atoms with van der Waals surface area (Å²) in [6.45, 7) is 2.28. The van der Waals surface area contributed by atoms with Gasteiger partial charge in [0.1, 0.15) is 0 Å². The first-order valence-corrected chi connectivity index (χ1v) is 4.07. The van der Waals surface area contributed by atoms with Crippen molar-refractivity contribution >= 4 is 11.9 Å². The molecule has 0 atom stereocenters. The van der Waals surface area contributed by atoms with Crippen molar-refractivity contribution in [3.63, 3.8) is 0 Å². The Morgan fingerprint density at radius 3 is 3.08 bits per heavy atom. The predicted molar refractivity (Wildman–Crippen MR) is 46.2 cm³/mol. The van der Waals surface area contributed by atoms with Crippen molar-refractivity contribution < 1.29 is 14.7 Å². The van der Waals surface area contributed by atoms with E-state index in [9.17, 15) is 9.59 Å². The van der Waals surface area contributed by atoms with Gasteiger partial charge in [-0.2, -0.15) is 0 Å². The first-order chi connectivity index (χ1) is 6.18. The van der Waals surface area contributed by atoms with E-state index in [4.69, 9.17) is 5.11 Å². The third-order valence-electron chi connectivity index (χ3n) is 1.74. The smallest absolute Gasteiger partial charge is 0.328 e. The molecule has 0 aromatic carbocycles. The van der Waals surface area contributed by atoms with Crippen molar-refractivity contribution in [2.75, 3.05) is 26.2 Å². The molecule has 2 N–H and O–H groups in total. The zero-order chi connectivity index (χ0) is 9.68. The maximum atomic E-state index is 10.9. The van der Waals surface area contributed by atoms with Gasteiger partial charge >= 0.3 is 5.97 Å². The number of rotatable bonds is 3. The van der Waals surface area contributed by atoms with Crippen LogP contribution in [0.25, 0.3) is 0 Å². The van der Waals surface area contributed by atoms with E-state index in [-0.39, 0.29) is 5.91 Å². The molecule has 0 unspecified atom stereocenters.